The summed E-state index contributed by atoms with van der Waals surface area (Å²) in [5.74, 6) is 0.740. The fraction of sp³-hybridized carbons (Fsp3) is 0.250. The van der Waals surface area contributed by atoms with Crippen molar-refractivity contribution in [2.24, 2.45) is 0 Å². The molecule has 4 aromatic rings. The van der Waals surface area contributed by atoms with E-state index in [4.69, 9.17) is 0 Å². The van der Waals surface area contributed by atoms with E-state index in [0.717, 1.165) is 35.8 Å². The molecule has 9 heteroatoms. The summed E-state index contributed by atoms with van der Waals surface area (Å²) in [7, 11) is 0. The lowest BCUT2D eigenvalue weighted by Gasteiger charge is -2.18. The Kier molecular flexibility index (Phi) is 4.19. The third-order valence-electron chi connectivity index (χ3n) is 5.02. The number of fused-ring (bicyclic) bond motifs is 1. The van der Waals surface area contributed by atoms with E-state index in [9.17, 15) is 4.79 Å². The number of hydrogen-bond acceptors (Lipinski definition) is 6. The first kappa shape index (κ1) is 17.4. The molecule has 1 N–H and O–H groups in total. The Hall–Kier alpha value is -3.75. The second-order valence-corrected chi connectivity index (χ2v) is 7.12. The van der Waals surface area contributed by atoms with Gasteiger partial charge in [0.1, 0.15) is 6.33 Å². The van der Waals surface area contributed by atoms with Crippen LogP contribution in [0.5, 0.6) is 0 Å². The van der Waals surface area contributed by atoms with Crippen molar-refractivity contribution in [2.75, 3.05) is 18.0 Å². The second-order valence-electron chi connectivity index (χ2n) is 7.12. The fourth-order valence-corrected chi connectivity index (χ4v) is 3.64. The van der Waals surface area contributed by atoms with E-state index >= 15 is 0 Å². The third-order valence-corrected chi connectivity index (χ3v) is 5.02. The van der Waals surface area contributed by atoms with Gasteiger partial charge in [0.15, 0.2) is 11.5 Å². The van der Waals surface area contributed by atoms with Gasteiger partial charge in [0.25, 0.3) is 5.91 Å². The lowest BCUT2D eigenvalue weighted by molar-refractivity contribution is 0.0930. The zero-order chi connectivity index (χ0) is 19.8. The summed E-state index contributed by atoms with van der Waals surface area (Å²) in [6, 6.07) is 9.59. The molecule has 0 unspecified atom stereocenters. The van der Waals surface area contributed by atoms with Gasteiger partial charge < -0.3 is 14.6 Å². The smallest absolute Gasteiger partial charge is 0.291 e. The van der Waals surface area contributed by atoms with Gasteiger partial charge in [0, 0.05) is 37.7 Å². The summed E-state index contributed by atoms with van der Waals surface area (Å²) >= 11 is 0. The van der Waals surface area contributed by atoms with E-state index in [1.54, 1.807) is 17.2 Å². The number of aryl methyl sites for hydroxylation is 1. The van der Waals surface area contributed by atoms with Crippen LogP contribution in [0.25, 0.3) is 11.3 Å². The van der Waals surface area contributed by atoms with Crippen LogP contribution in [-0.2, 0) is 0 Å². The largest absolute Gasteiger partial charge is 0.351 e. The fourth-order valence-electron chi connectivity index (χ4n) is 3.64. The summed E-state index contributed by atoms with van der Waals surface area (Å²) in [5, 5.41) is 7.34. The zero-order valence-electron chi connectivity index (χ0n) is 15.9. The number of nitrogens with zero attached hydrogens (tertiary/aromatic N) is 7. The molecule has 0 saturated carbocycles. The van der Waals surface area contributed by atoms with Crippen molar-refractivity contribution in [2.45, 2.75) is 19.4 Å². The molecule has 0 radical (unpaired) electrons. The molecule has 1 fully saturated rings. The van der Waals surface area contributed by atoms with Crippen molar-refractivity contribution in [3.05, 3.63) is 66.8 Å². The van der Waals surface area contributed by atoms with Crippen LogP contribution in [0.2, 0.25) is 0 Å². The minimum Gasteiger partial charge on any atom is -0.351 e. The number of aromatic nitrogens is 6. The number of anilines is 1. The highest BCUT2D eigenvalue weighted by molar-refractivity contribution is 5.90. The Morgan fingerprint density at radius 2 is 2.07 bits per heavy atom. The second kappa shape index (κ2) is 7.01. The number of benzene rings is 1. The molecule has 1 aliphatic rings. The number of imidazole rings is 1. The molecule has 3 aromatic heterocycles. The first-order valence-electron chi connectivity index (χ1n) is 9.50. The number of nitrogens with one attached hydrogen (secondary N) is 1. The average molecular weight is 388 g/mol. The topological polar surface area (TPSA) is 93.2 Å². The Morgan fingerprint density at radius 1 is 1.21 bits per heavy atom. The van der Waals surface area contributed by atoms with Gasteiger partial charge in [-0.1, -0.05) is 18.2 Å². The van der Waals surface area contributed by atoms with Gasteiger partial charge in [-0.2, -0.15) is 0 Å². The van der Waals surface area contributed by atoms with E-state index in [1.165, 1.54) is 0 Å². The molecule has 4 heterocycles. The molecular formula is C20H20N8O. The highest BCUT2D eigenvalue weighted by Gasteiger charge is 2.28. The number of carbonyl (C=O) groups is 1. The summed E-state index contributed by atoms with van der Waals surface area (Å²) in [4.78, 5) is 28.0. The predicted molar refractivity (Wildman–Crippen MR) is 107 cm³/mol. The molecule has 29 heavy (non-hydrogen) atoms. The predicted octanol–water partition coefficient (Wildman–Crippen LogP) is 1.63. The third kappa shape index (κ3) is 3.31. The molecular weight excluding hydrogens is 368 g/mol. The zero-order valence-corrected chi connectivity index (χ0v) is 15.9. The van der Waals surface area contributed by atoms with Crippen molar-refractivity contribution in [1.82, 2.24) is 34.4 Å². The quantitative estimate of drug-likeness (QED) is 0.571. The molecule has 0 aliphatic carbocycles. The van der Waals surface area contributed by atoms with Gasteiger partial charge in [-0.15, -0.1) is 5.10 Å². The maximum absolute atomic E-state index is 12.6. The Labute approximate surface area is 167 Å². The summed E-state index contributed by atoms with van der Waals surface area (Å²) in [6.45, 7) is 3.44. The van der Waals surface area contributed by atoms with Gasteiger partial charge in [0.2, 0.25) is 5.82 Å². The van der Waals surface area contributed by atoms with Crippen molar-refractivity contribution in [3.8, 4) is 5.69 Å². The van der Waals surface area contributed by atoms with Gasteiger partial charge in [-0.05, 0) is 25.5 Å². The van der Waals surface area contributed by atoms with Crippen LogP contribution < -0.4 is 10.2 Å². The monoisotopic (exact) mass is 388 g/mol. The average Bonchev–Trinajstić information content (AvgIpc) is 3.48. The number of hydrogen-bond donors (Lipinski definition) is 1. The van der Waals surface area contributed by atoms with E-state index in [-0.39, 0.29) is 17.8 Å². The van der Waals surface area contributed by atoms with Crippen molar-refractivity contribution >= 4 is 17.4 Å². The van der Waals surface area contributed by atoms with Crippen LogP contribution in [0, 0.1) is 6.92 Å². The van der Waals surface area contributed by atoms with Crippen LogP contribution in [-0.4, -0.2) is 54.2 Å². The van der Waals surface area contributed by atoms with Gasteiger partial charge in [-0.3, -0.25) is 4.79 Å². The molecule has 146 valence electrons. The molecule has 1 aromatic carbocycles. The van der Waals surface area contributed by atoms with E-state index in [0.29, 0.717) is 6.54 Å². The number of amides is 1. The molecule has 1 aliphatic heterocycles. The molecule has 1 atom stereocenters. The number of rotatable bonds is 4. The van der Waals surface area contributed by atoms with Crippen LogP contribution in [0.1, 0.15) is 22.7 Å². The van der Waals surface area contributed by atoms with E-state index in [2.05, 4.69) is 30.3 Å². The summed E-state index contributed by atoms with van der Waals surface area (Å²) < 4.78 is 3.57. The van der Waals surface area contributed by atoms with E-state index in [1.807, 2.05) is 54.0 Å². The standard InChI is InChI=1S/C20H20N8O/c1-14-11-27-10-8-21-18(27)19(23-14)26-9-7-15(12-26)24-20(29)17-22-13-28(25-17)16-5-3-2-4-6-16/h2-6,8,10-11,13,15H,7,9,12H2,1H3,(H,24,29)/t15-/m0/s1. The Morgan fingerprint density at radius 3 is 2.93 bits per heavy atom. The molecule has 0 spiro atoms. The maximum Gasteiger partial charge on any atom is 0.291 e. The van der Waals surface area contributed by atoms with E-state index < -0.39 is 0 Å². The molecule has 5 rings (SSSR count). The van der Waals surface area contributed by atoms with Crippen molar-refractivity contribution in [1.29, 1.82) is 0 Å². The summed E-state index contributed by atoms with van der Waals surface area (Å²) in [6.07, 6.45) is 8.02. The summed E-state index contributed by atoms with van der Waals surface area (Å²) in [5.41, 5.74) is 2.61. The Balaban J connectivity index is 1.28. The lowest BCUT2D eigenvalue weighted by Crippen LogP contribution is -2.37. The number of para-hydroxylation sites is 1. The van der Waals surface area contributed by atoms with Crippen molar-refractivity contribution < 1.29 is 4.79 Å². The van der Waals surface area contributed by atoms with Gasteiger partial charge >= 0.3 is 0 Å². The highest BCUT2D eigenvalue weighted by atomic mass is 16.2. The van der Waals surface area contributed by atoms with Crippen LogP contribution in [0.4, 0.5) is 5.82 Å². The highest BCUT2D eigenvalue weighted by Crippen LogP contribution is 2.23. The first-order chi connectivity index (χ1) is 14.2. The normalized spacial score (nSPS) is 16.4. The maximum atomic E-state index is 12.6. The van der Waals surface area contributed by atoms with Gasteiger partial charge in [0.05, 0.1) is 11.4 Å². The van der Waals surface area contributed by atoms with Crippen LogP contribution >= 0.6 is 0 Å². The molecule has 0 bridgehead atoms. The number of carbonyl (C=O) groups excluding carboxylic acids is 1. The van der Waals surface area contributed by atoms with Gasteiger partial charge in [-0.25, -0.2) is 19.6 Å². The van der Waals surface area contributed by atoms with Crippen LogP contribution in [0.3, 0.4) is 0 Å². The molecule has 9 nitrogen and oxygen atoms in total. The molecule has 1 saturated heterocycles. The minimum atomic E-state index is -0.269. The molecule has 1 amide bonds. The van der Waals surface area contributed by atoms with Crippen LogP contribution in [0.15, 0.2) is 55.2 Å². The minimum absolute atomic E-state index is 0.00324. The Bertz CT molecular complexity index is 1170. The lowest BCUT2D eigenvalue weighted by atomic mass is 10.2. The van der Waals surface area contributed by atoms with Crippen molar-refractivity contribution in [3.63, 3.8) is 0 Å². The first-order valence-corrected chi connectivity index (χ1v) is 9.50. The SMILES string of the molecule is Cc1cn2ccnc2c(N2CC[C@H](NC(=O)c3ncn(-c4ccccc4)n3)C2)n1.